The highest BCUT2D eigenvalue weighted by Gasteiger charge is 2.49. The van der Waals surface area contributed by atoms with Crippen LogP contribution >= 0.6 is 0 Å². The third-order valence-corrected chi connectivity index (χ3v) is 8.76. The topological polar surface area (TPSA) is 20.2 Å². The summed E-state index contributed by atoms with van der Waals surface area (Å²) < 4.78 is 15.2. The lowest BCUT2D eigenvalue weighted by molar-refractivity contribution is 0.167. The zero-order chi connectivity index (χ0) is 32.2. The van der Waals surface area contributed by atoms with E-state index in [1.165, 1.54) is 12.1 Å². The van der Waals surface area contributed by atoms with Gasteiger partial charge in [-0.15, -0.1) is 0 Å². The number of aliphatic hydroxyl groups is 1. The van der Waals surface area contributed by atoms with E-state index in [9.17, 15) is 5.11 Å². The second kappa shape index (κ2) is 11.4. The molecule has 226 valence electrons. The van der Waals surface area contributed by atoms with Crippen LogP contribution in [0.5, 0.6) is 0 Å². The largest absolute Gasteiger partial charge is 0.376 e. The Morgan fingerprint density at radius 3 is 1.04 bits per heavy atom. The molecular weight excluding hydrogens is 551 g/mol. The van der Waals surface area contributed by atoms with Gasteiger partial charge in [-0.2, -0.15) is 0 Å². The van der Waals surface area contributed by atoms with Crippen molar-refractivity contribution in [3.05, 3.63) is 175 Å². The Kier molecular flexibility index (Phi) is 7.75. The van der Waals surface area contributed by atoms with Gasteiger partial charge in [0.15, 0.2) is 0 Å². The molecule has 0 saturated carbocycles. The number of allylic oxidation sites excluding steroid dienone is 2. The smallest absolute Gasteiger partial charge is 0.143 e. The molecular formula is C43H41FO. The average Bonchev–Trinajstić information content (AvgIpc) is 3.21. The molecule has 1 aliphatic carbocycles. The molecule has 0 spiro atoms. The summed E-state index contributed by atoms with van der Waals surface area (Å²) in [5, 5.41) is 13.7. The van der Waals surface area contributed by atoms with Gasteiger partial charge in [-0.1, -0.05) is 129 Å². The lowest BCUT2D eigenvalue weighted by Gasteiger charge is -2.33. The van der Waals surface area contributed by atoms with Crippen molar-refractivity contribution in [3.63, 3.8) is 0 Å². The van der Waals surface area contributed by atoms with Crippen molar-refractivity contribution in [2.24, 2.45) is 0 Å². The molecule has 0 aromatic heterocycles. The lowest BCUT2D eigenvalue weighted by atomic mass is 9.76. The van der Waals surface area contributed by atoms with Crippen molar-refractivity contribution >= 4 is 22.3 Å². The predicted molar refractivity (Wildman–Crippen MR) is 188 cm³/mol. The van der Waals surface area contributed by atoms with Gasteiger partial charge in [0, 0.05) is 11.1 Å². The summed E-state index contributed by atoms with van der Waals surface area (Å²) in [4.78, 5) is 0. The fourth-order valence-electron chi connectivity index (χ4n) is 7.50. The van der Waals surface area contributed by atoms with Crippen molar-refractivity contribution < 1.29 is 9.50 Å². The number of rotatable bonds is 5. The molecule has 0 aliphatic heterocycles. The summed E-state index contributed by atoms with van der Waals surface area (Å²) in [5.74, 6) is -0.381. The molecule has 1 aliphatic rings. The van der Waals surface area contributed by atoms with Crippen LogP contribution in [0.25, 0.3) is 22.3 Å². The summed E-state index contributed by atoms with van der Waals surface area (Å²) in [7, 11) is 0. The summed E-state index contributed by atoms with van der Waals surface area (Å²) in [6.07, 6.45) is 0. The van der Waals surface area contributed by atoms with Crippen LogP contribution in [0.15, 0.2) is 97.1 Å². The highest BCUT2D eigenvalue weighted by Crippen LogP contribution is 2.61. The highest BCUT2D eigenvalue weighted by molar-refractivity contribution is 6.31. The van der Waals surface area contributed by atoms with Gasteiger partial charge in [0.1, 0.15) is 11.4 Å². The fraction of sp³-hybridized carbons (Fsp3) is 0.209. The summed E-state index contributed by atoms with van der Waals surface area (Å²) in [6, 6.07) is 32.6. The monoisotopic (exact) mass is 592 g/mol. The van der Waals surface area contributed by atoms with Crippen LogP contribution in [0.1, 0.15) is 72.3 Å². The summed E-state index contributed by atoms with van der Waals surface area (Å²) in [5.41, 5.74) is 15.2. The molecule has 0 amide bonds. The average molecular weight is 593 g/mol. The Balaban J connectivity index is 1.91. The van der Waals surface area contributed by atoms with Crippen LogP contribution < -0.4 is 0 Å². The molecule has 0 radical (unpaired) electrons. The zero-order valence-electron chi connectivity index (χ0n) is 27.6. The van der Waals surface area contributed by atoms with E-state index < -0.39 is 5.60 Å². The maximum Gasteiger partial charge on any atom is 0.143 e. The minimum absolute atomic E-state index is 0.381. The number of aryl methyl sites for hydroxylation is 8. The third kappa shape index (κ3) is 5.60. The van der Waals surface area contributed by atoms with Crippen molar-refractivity contribution in [2.75, 3.05) is 0 Å². The van der Waals surface area contributed by atoms with Crippen LogP contribution in [-0.4, -0.2) is 5.11 Å². The maximum absolute atomic E-state index is 15.2. The van der Waals surface area contributed by atoms with E-state index in [1.54, 1.807) is 6.07 Å². The lowest BCUT2D eigenvalue weighted by Crippen LogP contribution is -2.28. The van der Waals surface area contributed by atoms with Gasteiger partial charge in [0.05, 0.1) is 0 Å². The highest BCUT2D eigenvalue weighted by atomic mass is 19.1. The Labute approximate surface area is 267 Å². The van der Waals surface area contributed by atoms with E-state index in [0.29, 0.717) is 5.56 Å². The first-order valence-electron chi connectivity index (χ1n) is 15.7. The second-order valence-electron chi connectivity index (χ2n) is 13.2. The normalized spacial score (nSPS) is 14.4. The van der Waals surface area contributed by atoms with Gasteiger partial charge in [-0.3, -0.25) is 0 Å². The third-order valence-electron chi connectivity index (χ3n) is 8.76. The van der Waals surface area contributed by atoms with Gasteiger partial charge in [0.2, 0.25) is 0 Å². The van der Waals surface area contributed by atoms with Crippen LogP contribution in [-0.2, 0) is 5.60 Å². The Hall–Kier alpha value is -4.53. The van der Waals surface area contributed by atoms with E-state index in [0.717, 1.165) is 89.1 Å². The van der Waals surface area contributed by atoms with E-state index in [1.807, 2.05) is 6.07 Å². The minimum Gasteiger partial charge on any atom is -0.376 e. The summed E-state index contributed by atoms with van der Waals surface area (Å²) >= 11 is 0. The molecule has 1 N–H and O–H groups in total. The summed E-state index contributed by atoms with van der Waals surface area (Å²) in [6.45, 7) is 16.8. The molecule has 2 heteroatoms. The van der Waals surface area contributed by atoms with E-state index >= 15 is 4.39 Å². The van der Waals surface area contributed by atoms with Crippen molar-refractivity contribution in [2.45, 2.75) is 61.0 Å². The van der Waals surface area contributed by atoms with E-state index in [-0.39, 0.29) is 5.82 Å². The Morgan fingerprint density at radius 2 is 0.733 bits per heavy atom. The van der Waals surface area contributed by atoms with Crippen LogP contribution in [0.2, 0.25) is 0 Å². The van der Waals surface area contributed by atoms with Crippen molar-refractivity contribution in [3.8, 4) is 0 Å². The van der Waals surface area contributed by atoms with Crippen molar-refractivity contribution in [1.82, 2.24) is 0 Å². The molecule has 1 nitrogen and oxygen atoms in total. The number of benzene rings is 5. The molecule has 45 heavy (non-hydrogen) atoms. The molecule has 0 atom stereocenters. The molecule has 0 saturated heterocycles. The predicted octanol–water partition coefficient (Wildman–Crippen LogP) is 10.7. The standard InChI is InChI=1S/C43H41FO/c1-25-12-26(2)17-33(16-25)39-40(34-18-27(3)13-28(4)19-34)42(36-22-31(7)15-32(8)23-36)43(45,37-10-9-11-38(44)24-37)41(39)35-20-29(5)14-30(6)21-35/h9-24,45H,1-8H3. The first-order chi connectivity index (χ1) is 21.3. The Morgan fingerprint density at radius 1 is 0.422 bits per heavy atom. The molecule has 0 bridgehead atoms. The molecule has 5 aromatic rings. The number of hydrogen-bond acceptors (Lipinski definition) is 1. The quantitative estimate of drug-likeness (QED) is 0.215. The van der Waals surface area contributed by atoms with Gasteiger partial charge in [0.25, 0.3) is 0 Å². The first kappa shape index (κ1) is 30.5. The molecule has 0 fully saturated rings. The van der Waals surface area contributed by atoms with Gasteiger partial charge in [-0.25, -0.2) is 4.39 Å². The first-order valence-corrected chi connectivity index (χ1v) is 15.7. The van der Waals surface area contributed by atoms with Crippen molar-refractivity contribution in [1.29, 1.82) is 0 Å². The van der Waals surface area contributed by atoms with E-state index in [4.69, 9.17) is 0 Å². The van der Waals surface area contributed by atoms with Gasteiger partial charge in [-0.05, 0) is 106 Å². The molecule has 5 aromatic carbocycles. The van der Waals surface area contributed by atoms with Crippen LogP contribution in [0.4, 0.5) is 4.39 Å². The zero-order valence-corrected chi connectivity index (χ0v) is 27.6. The maximum atomic E-state index is 15.2. The molecule has 0 unspecified atom stereocenters. The number of halogens is 1. The SMILES string of the molecule is Cc1cc(C)cc(C2=C(c3cc(C)cc(C)c3)C(O)(c3cccc(F)c3)C(c3cc(C)cc(C)c3)=C2c2cc(C)cc(C)c2)c1. The van der Waals surface area contributed by atoms with Gasteiger partial charge < -0.3 is 5.11 Å². The minimum atomic E-state index is -1.66. The van der Waals surface area contributed by atoms with Crippen LogP contribution in [0, 0.1) is 61.2 Å². The fourth-order valence-corrected chi connectivity index (χ4v) is 7.50. The van der Waals surface area contributed by atoms with Gasteiger partial charge >= 0.3 is 0 Å². The van der Waals surface area contributed by atoms with Crippen LogP contribution in [0.3, 0.4) is 0 Å². The molecule has 6 rings (SSSR count). The molecule has 0 heterocycles. The number of hydrogen-bond donors (Lipinski definition) is 1. The second-order valence-corrected chi connectivity index (χ2v) is 13.2. The van der Waals surface area contributed by atoms with E-state index in [2.05, 4.69) is 128 Å². The Bertz CT molecular complexity index is 1850.